The summed E-state index contributed by atoms with van der Waals surface area (Å²) in [5, 5.41) is 22.2. The molecule has 0 radical (unpaired) electrons. The first-order chi connectivity index (χ1) is 13.4. The zero-order chi connectivity index (χ0) is 20.1. The number of benzene rings is 2. The Morgan fingerprint density at radius 3 is 2.61 bits per heavy atom. The highest BCUT2D eigenvalue weighted by Crippen LogP contribution is 2.29. The van der Waals surface area contributed by atoms with Crippen LogP contribution in [0.4, 0.5) is 5.69 Å². The van der Waals surface area contributed by atoms with E-state index in [2.05, 4.69) is 15.5 Å². The SMILES string of the molecule is O=C(NCc1ccccc1)c1nnc(/C(Cl)=C/c2ccc(Cl)c([N+](=O)[O-])c2)s1. The lowest BCUT2D eigenvalue weighted by Gasteiger charge is -2.02. The molecule has 7 nitrogen and oxygen atoms in total. The Bertz CT molecular complexity index is 1050. The second-order valence-corrected chi connectivity index (χ2v) is 7.33. The molecule has 1 amide bonds. The van der Waals surface area contributed by atoms with Gasteiger partial charge >= 0.3 is 0 Å². The Morgan fingerprint density at radius 2 is 1.89 bits per heavy atom. The summed E-state index contributed by atoms with van der Waals surface area (Å²) in [4.78, 5) is 22.6. The van der Waals surface area contributed by atoms with Crippen LogP contribution in [0.5, 0.6) is 0 Å². The number of hydrogen-bond donors (Lipinski definition) is 1. The molecule has 0 unspecified atom stereocenters. The van der Waals surface area contributed by atoms with Gasteiger partial charge in [0.2, 0.25) is 5.01 Å². The number of nitro benzene ring substituents is 1. The van der Waals surface area contributed by atoms with E-state index < -0.39 is 4.92 Å². The molecule has 0 atom stereocenters. The van der Waals surface area contributed by atoms with Crippen LogP contribution in [0.2, 0.25) is 5.02 Å². The molecule has 0 aliphatic rings. The summed E-state index contributed by atoms with van der Waals surface area (Å²) < 4.78 is 0. The number of amides is 1. The van der Waals surface area contributed by atoms with Crippen molar-refractivity contribution in [2.45, 2.75) is 6.54 Å². The fourth-order valence-corrected chi connectivity index (χ4v) is 3.37. The standard InChI is InChI=1S/C18H12Cl2N4O3S/c19-13-7-6-12(9-15(13)24(26)27)8-14(20)17-22-23-18(28-17)16(25)21-10-11-4-2-1-3-5-11/h1-9H,10H2,(H,21,25)/b14-8-. The first-order valence-corrected chi connectivity index (χ1v) is 9.48. The zero-order valence-electron chi connectivity index (χ0n) is 14.1. The van der Waals surface area contributed by atoms with E-state index in [1.807, 2.05) is 30.3 Å². The Kier molecular flexibility index (Phi) is 6.35. The minimum absolute atomic E-state index is 0.0339. The van der Waals surface area contributed by atoms with Crippen molar-refractivity contribution < 1.29 is 9.72 Å². The first-order valence-electron chi connectivity index (χ1n) is 7.91. The van der Waals surface area contributed by atoms with E-state index in [-0.39, 0.29) is 26.7 Å². The van der Waals surface area contributed by atoms with Crippen molar-refractivity contribution in [1.29, 1.82) is 0 Å². The normalized spacial score (nSPS) is 11.3. The number of halogens is 2. The van der Waals surface area contributed by atoms with E-state index in [4.69, 9.17) is 23.2 Å². The van der Waals surface area contributed by atoms with E-state index in [1.165, 1.54) is 18.2 Å². The summed E-state index contributed by atoms with van der Waals surface area (Å²) in [5.74, 6) is -0.362. The molecule has 0 saturated carbocycles. The maximum Gasteiger partial charge on any atom is 0.288 e. The lowest BCUT2D eigenvalue weighted by Crippen LogP contribution is -2.22. The smallest absolute Gasteiger partial charge is 0.288 e. The minimum atomic E-state index is -0.576. The molecule has 0 aliphatic carbocycles. The molecule has 0 bridgehead atoms. The third-order valence-electron chi connectivity index (χ3n) is 3.58. The maximum atomic E-state index is 12.2. The van der Waals surface area contributed by atoms with Crippen LogP contribution in [0.3, 0.4) is 0 Å². The van der Waals surface area contributed by atoms with Crippen molar-refractivity contribution in [3.8, 4) is 0 Å². The Morgan fingerprint density at radius 1 is 1.18 bits per heavy atom. The molecular weight excluding hydrogens is 423 g/mol. The molecule has 0 spiro atoms. The summed E-state index contributed by atoms with van der Waals surface area (Å²) in [6.45, 7) is 0.368. The third kappa shape index (κ3) is 4.92. The number of aromatic nitrogens is 2. The van der Waals surface area contributed by atoms with Gasteiger partial charge in [0.25, 0.3) is 11.6 Å². The monoisotopic (exact) mass is 434 g/mol. The summed E-state index contributed by atoms with van der Waals surface area (Å²) in [6, 6.07) is 13.8. The number of nitrogens with one attached hydrogen (secondary N) is 1. The molecular formula is C18H12Cl2N4O3S. The molecule has 3 rings (SSSR count). The third-order valence-corrected chi connectivity index (χ3v) is 5.25. The molecule has 0 aliphatic heterocycles. The highest BCUT2D eigenvalue weighted by Gasteiger charge is 2.16. The van der Waals surface area contributed by atoms with Gasteiger partial charge in [-0.2, -0.15) is 0 Å². The van der Waals surface area contributed by atoms with E-state index in [9.17, 15) is 14.9 Å². The quantitative estimate of drug-likeness (QED) is 0.445. The van der Waals surface area contributed by atoms with Gasteiger partial charge in [-0.3, -0.25) is 14.9 Å². The van der Waals surface area contributed by atoms with Gasteiger partial charge < -0.3 is 5.32 Å². The zero-order valence-corrected chi connectivity index (χ0v) is 16.5. The predicted octanol–water partition coefficient (Wildman–Crippen LogP) is 4.77. The molecule has 10 heteroatoms. The highest BCUT2D eigenvalue weighted by molar-refractivity contribution is 7.15. The fraction of sp³-hybridized carbons (Fsp3) is 0.0556. The molecule has 1 N–H and O–H groups in total. The Labute approximate surface area is 173 Å². The second-order valence-electron chi connectivity index (χ2n) is 5.54. The van der Waals surface area contributed by atoms with Gasteiger partial charge in [-0.15, -0.1) is 10.2 Å². The Hall–Kier alpha value is -2.81. The van der Waals surface area contributed by atoms with Gasteiger partial charge in [-0.25, -0.2) is 0 Å². The van der Waals surface area contributed by atoms with Crippen LogP contribution in [-0.4, -0.2) is 21.0 Å². The Balaban J connectivity index is 1.72. The molecule has 1 aromatic heterocycles. The van der Waals surface area contributed by atoms with Crippen LogP contribution in [0.25, 0.3) is 11.1 Å². The average molecular weight is 435 g/mol. The van der Waals surface area contributed by atoms with Crippen LogP contribution in [-0.2, 0) is 6.54 Å². The average Bonchev–Trinajstić information content (AvgIpc) is 3.18. The number of hydrogen-bond acceptors (Lipinski definition) is 6. The van der Waals surface area contributed by atoms with Crippen molar-refractivity contribution >= 4 is 57.2 Å². The van der Waals surface area contributed by atoms with Crippen molar-refractivity contribution in [2.75, 3.05) is 0 Å². The van der Waals surface area contributed by atoms with Gasteiger partial charge in [-0.05, 0) is 23.3 Å². The topological polar surface area (TPSA) is 98.0 Å². The van der Waals surface area contributed by atoms with Crippen molar-refractivity contribution in [3.05, 3.63) is 84.8 Å². The van der Waals surface area contributed by atoms with Crippen molar-refractivity contribution in [3.63, 3.8) is 0 Å². The number of nitrogens with zero attached hydrogens (tertiary/aromatic N) is 3. The van der Waals surface area contributed by atoms with E-state index >= 15 is 0 Å². The summed E-state index contributed by atoms with van der Waals surface area (Å²) >= 11 is 13.1. The molecule has 2 aromatic carbocycles. The molecule has 0 fully saturated rings. The van der Waals surface area contributed by atoms with Gasteiger partial charge in [0, 0.05) is 12.6 Å². The first kappa shape index (κ1) is 19.9. The molecule has 3 aromatic rings. The van der Waals surface area contributed by atoms with Crippen LogP contribution in [0, 0.1) is 10.1 Å². The molecule has 142 valence electrons. The number of rotatable bonds is 6. The highest BCUT2D eigenvalue weighted by atomic mass is 35.5. The number of carbonyl (C=O) groups excluding carboxylic acids is 1. The maximum absolute atomic E-state index is 12.2. The van der Waals surface area contributed by atoms with Crippen LogP contribution < -0.4 is 5.32 Å². The van der Waals surface area contributed by atoms with E-state index in [0.29, 0.717) is 17.1 Å². The minimum Gasteiger partial charge on any atom is -0.346 e. The lowest BCUT2D eigenvalue weighted by atomic mass is 10.2. The largest absolute Gasteiger partial charge is 0.346 e. The number of nitro groups is 1. The molecule has 1 heterocycles. The van der Waals surface area contributed by atoms with Gasteiger partial charge in [0.05, 0.1) is 9.96 Å². The lowest BCUT2D eigenvalue weighted by molar-refractivity contribution is -0.384. The van der Waals surface area contributed by atoms with Crippen LogP contribution in [0.1, 0.15) is 25.9 Å². The summed E-state index contributed by atoms with van der Waals surface area (Å²) in [7, 11) is 0. The predicted molar refractivity (Wildman–Crippen MR) is 109 cm³/mol. The van der Waals surface area contributed by atoms with E-state index in [1.54, 1.807) is 6.07 Å². The van der Waals surface area contributed by atoms with E-state index in [0.717, 1.165) is 16.9 Å². The van der Waals surface area contributed by atoms with Gasteiger partial charge in [0.15, 0.2) is 5.01 Å². The second kappa shape index (κ2) is 8.92. The fourth-order valence-electron chi connectivity index (χ4n) is 2.23. The van der Waals surface area contributed by atoms with Crippen molar-refractivity contribution in [2.24, 2.45) is 0 Å². The summed E-state index contributed by atoms with van der Waals surface area (Å²) in [6.07, 6.45) is 1.50. The number of carbonyl (C=O) groups is 1. The van der Waals surface area contributed by atoms with Gasteiger partial charge in [-0.1, -0.05) is 70.9 Å². The summed E-state index contributed by atoms with van der Waals surface area (Å²) in [5.41, 5.74) is 1.22. The van der Waals surface area contributed by atoms with Crippen LogP contribution in [0.15, 0.2) is 48.5 Å². The molecule has 28 heavy (non-hydrogen) atoms. The van der Waals surface area contributed by atoms with Gasteiger partial charge in [0.1, 0.15) is 5.02 Å². The molecule has 0 saturated heterocycles. The van der Waals surface area contributed by atoms with Crippen molar-refractivity contribution in [1.82, 2.24) is 15.5 Å². The van der Waals surface area contributed by atoms with Crippen LogP contribution >= 0.6 is 34.5 Å².